The number of fused-ring (bicyclic) bond motifs is 1. The lowest BCUT2D eigenvalue weighted by Gasteiger charge is -2.15. The van der Waals surface area contributed by atoms with E-state index in [0.717, 1.165) is 5.75 Å². The van der Waals surface area contributed by atoms with Crippen LogP contribution in [0.5, 0.6) is 11.5 Å². The second-order valence-electron chi connectivity index (χ2n) is 6.58. The number of carbonyl (C=O) groups excluding carboxylic acids is 2. The third-order valence-electron chi connectivity index (χ3n) is 4.86. The van der Waals surface area contributed by atoms with Crippen LogP contribution < -0.4 is 9.64 Å². The van der Waals surface area contributed by atoms with Crippen LogP contribution in [0.2, 0.25) is 0 Å². The molecule has 2 atom stereocenters. The summed E-state index contributed by atoms with van der Waals surface area (Å²) in [5.74, 6) is 0.828. The maximum atomic E-state index is 12.6. The van der Waals surface area contributed by atoms with Gasteiger partial charge in [-0.1, -0.05) is 29.8 Å². The highest BCUT2D eigenvalue weighted by atomic mass is 16.5. The first-order valence-electron chi connectivity index (χ1n) is 8.51. The van der Waals surface area contributed by atoms with Gasteiger partial charge in [0, 0.05) is 0 Å². The Morgan fingerprint density at radius 2 is 1.28 bits per heavy atom. The molecule has 2 aromatic rings. The van der Waals surface area contributed by atoms with Crippen LogP contribution in [0.15, 0.2) is 60.7 Å². The number of rotatable bonds is 3. The molecule has 0 bridgehead atoms. The van der Waals surface area contributed by atoms with Gasteiger partial charge in [-0.05, 0) is 56.2 Å². The number of anilines is 1. The molecule has 2 aliphatic rings. The molecule has 4 rings (SSSR count). The Balaban J connectivity index is 1.53. The predicted octanol–water partition coefficient (Wildman–Crippen LogP) is 4.24. The van der Waals surface area contributed by atoms with Gasteiger partial charge in [-0.2, -0.15) is 0 Å². The first-order valence-corrected chi connectivity index (χ1v) is 8.51. The van der Waals surface area contributed by atoms with Crippen LogP contribution in [0, 0.1) is 18.8 Å². The van der Waals surface area contributed by atoms with E-state index in [-0.39, 0.29) is 23.7 Å². The monoisotopic (exact) mass is 333 g/mol. The molecule has 0 aromatic heterocycles. The van der Waals surface area contributed by atoms with Crippen molar-refractivity contribution in [2.75, 3.05) is 4.90 Å². The Morgan fingerprint density at radius 1 is 0.800 bits per heavy atom. The zero-order valence-corrected chi connectivity index (χ0v) is 14.0. The first-order chi connectivity index (χ1) is 12.1. The van der Waals surface area contributed by atoms with Crippen molar-refractivity contribution in [2.45, 2.75) is 19.8 Å². The van der Waals surface area contributed by atoms with E-state index in [0.29, 0.717) is 24.3 Å². The van der Waals surface area contributed by atoms with Crippen LogP contribution in [0.3, 0.4) is 0 Å². The molecule has 126 valence electrons. The Hall–Kier alpha value is -2.88. The van der Waals surface area contributed by atoms with Crippen molar-refractivity contribution in [1.82, 2.24) is 0 Å². The number of allylic oxidation sites excluding steroid dienone is 2. The van der Waals surface area contributed by atoms with Gasteiger partial charge in [0.1, 0.15) is 11.5 Å². The van der Waals surface area contributed by atoms with Crippen molar-refractivity contribution in [3.63, 3.8) is 0 Å². The van der Waals surface area contributed by atoms with Crippen molar-refractivity contribution in [3.05, 3.63) is 66.2 Å². The summed E-state index contributed by atoms with van der Waals surface area (Å²) in [4.78, 5) is 26.5. The van der Waals surface area contributed by atoms with Gasteiger partial charge in [-0.25, -0.2) is 0 Å². The van der Waals surface area contributed by atoms with Crippen molar-refractivity contribution >= 4 is 17.5 Å². The lowest BCUT2D eigenvalue weighted by molar-refractivity contribution is -0.122. The summed E-state index contributed by atoms with van der Waals surface area (Å²) < 4.78 is 5.80. The van der Waals surface area contributed by atoms with Gasteiger partial charge in [0.05, 0.1) is 17.5 Å². The minimum Gasteiger partial charge on any atom is -0.457 e. The SMILES string of the molecule is Cc1ccc(Oc2ccc(N3C(=O)[C@@H]4CC=CC[C@H]4C3=O)cc2)cc1. The Kier molecular flexibility index (Phi) is 3.88. The number of aryl methyl sites for hydroxylation is 1. The third kappa shape index (κ3) is 2.84. The van der Waals surface area contributed by atoms with Crippen LogP contribution >= 0.6 is 0 Å². The summed E-state index contributed by atoms with van der Waals surface area (Å²) in [6, 6.07) is 14.9. The Labute approximate surface area is 146 Å². The average molecular weight is 333 g/mol. The largest absolute Gasteiger partial charge is 0.457 e. The summed E-state index contributed by atoms with van der Waals surface area (Å²) in [6.45, 7) is 2.02. The highest BCUT2D eigenvalue weighted by Crippen LogP contribution is 2.38. The van der Waals surface area contributed by atoms with Crippen LogP contribution in [-0.2, 0) is 9.59 Å². The molecule has 0 saturated carbocycles. The molecule has 1 aliphatic carbocycles. The zero-order valence-electron chi connectivity index (χ0n) is 14.0. The first kappa shape index (κ1) is 15.6. The molecule has 4 heteroatoms. The van der Waals surface area contributed by atoms with Crippen molar-refractivity contribution < 1.29 is 14.3 Å². The molecule has 0 N–H and O–H groups in total. The normalized spacial score (nSPS) is 22.2. The molecule has 2 amide bonds. The predicted molar refractivity (Wildman–Crippen MR) is 95.5 cm³/mol. The number of carbonyl (C=O) groups is 2. The molecule has 2 aromatic carbocycles. The number of imide groups is 1. The van der Waals surface area contributed by atoms with Gasteiger partial charge in [0.2, 0.25) is 11.8 Å². The van der Waals surface area contributed by atoms with Crippen LogP contribution in [0.4, 0.5) is 5.69 Å². The quantitative estimate of drug-likeness (QED) is 0.623. The second kappa shape index (κ2) is 6.20. The van der Waals surface area contributed by atoms with Gasteiger partial charge < -0.3 is 4.74 Å². The Morgan fingerprint density at radius 3 is 1.80 bits per heavy atom. The standard InChI is InChI=1S/C21H19NO3/c1-14-6-10-16(11-7-14)25-17-12-8-15(9-13-17)22-20(23)18-4-2-3-5-19(18)21(22)24/h2-3,6-13,18-19H,4-5H2,1H3/t18-,19-/m1/s1. The van der Waals surface area contributed by atoms with Crippen LogP contribution in [0.1, 0.15) is 18.4 Å². The number of amides is 2. The minimum atomic E-state index is -0.207. The van der Waals surface area contributed by atoms with E-state index in [9.17, 15) is 9.59 Å². The van der Waals surface area contributed by atoms with Crippen molar-refractivity contribution in [1.29, 1.82) is 0 Å². The smallest absolute Gasteiger partial charge is 0.238 e. The minimum absolute atomic E-state index is 0.0912. The fraction of sp³-hybridized carbons (Fsp3) is 0.238. The van der Waals surface area contributed by atoms with Gasteiger partial charge in [-0.15, -0.1) is 0 Å². The zero-order chi connectivity index (χ0) is 17.4. The molecule has 1 fully saturated rings. The third-order valence-corrected chi connectivity index (χ3v) is 4.86. The van der Waals surface area contributed by atoms with Gasteiger partial charge in [0.25, 0.3) is 0 Å². The van der Waals surface area contributed by atoms with E-state index in [1.165, 1.54) is 10.5 Å². The van der Waals surface area contributed by atoms with E-state index in [1.54, 1.807) is 24.3 Å². The molecule has 0 radical (unpaired) electrons. The molecule has 0 spiro atoms. The fourth-order valence-corrected chi connectivity index (χ4v) is 3.46. The molecular formula is C21H19NO3. The number of benzene rings is 2. The van der Waals surface area contributed by atoms with Crippen molar-refractivity contribution in [3.8, 4) is 11.5 Å². The molecular weight excluding hydrogens is 314 g/mol. The van der Waals surface area contributed by atoms with Crippen LogP contribution in [-0.4, -0.2) is 11.8 Å². The summed E-state index contributed by atoms with van der Waals surface area (Å²) in [5.41, 5.74) is 1.78. The second-order valence-corrected chi connectivity index (χ2v) is 6.58. The van der Waals surface area contributed by atoms with E-state index >= 15 is 0 Å². The lowest BCUT2D eigenvalue weighted by atomic mass is 9.85. The molecule has 0 unspecified atom stereocenters. The van der Waals surface area contributed by atoms with Crippen molar-refractivity contribution in [2.24, 2.45) is 11.8 Å². The fourth-order valence-electron chi connectivity index (χ4n) is 3.46. The van der Waals surface area contributed by atoms with Crippen LogP contribution in [0.25, 0.3) is 0 Å². The number of hydrogen-bond donors (Lipinski definition) is 0. The summed E-state index contributed by atoms with van der Waals surface area (Å²) in [5, 5.41) is 0. The van der Waals surface area contributed by atoms with E-state index < -0.39 is 0 Å². The topological polar surface area (TPSA) is 46.6 Å². The highest BCUT2D eigenvalue weighted by Gasteiger charge is 2.47. The van der Waals surface area contributed by atoms with E-state index in [4.69, 9.17) is 4.74 Å². The summed E-state index contributed by atoms with van der Waals surface area (Å²) >= 11 is 0. The lowest BCUT2D eigenvalue weighted by Crippen LogP contribution is -2.30. The maximum absolute atomic E-state index is 12.6. The Bertz CT molecular complexity index is 810. The van der Waals surface area contributed by atoms with Gasteiger partial charge >= 0.3 is 0 Å². The number of hydrogen-bond acceptors (Lipinski definition) is 3. The summed E-state index contributed by atoms with van der Waals surface area (Å²) in [6.07, 6.45) is 5.30. The molecule has 1 aliphatic heterocycles. The van der Waals surface area contributed by atoms with E-state index in [1.807, 2.05) is 43.3 Å². The molecule has 4 nitrogen and oxygen atoms in total. The molecule has 1 saturated heterocycles. The molecule has 25 heavy (non-hydrogen) atoms. The van der Waals surface area contributed by atoms with Gasteiger partial charge in [-0.3, -0.25) is 14.5 Å². The molecule has 1 heterocycles. The van der Waals surface area contributed by atoms with Gasteiger partial charge in [0.15, 0.2) is 0 Å². The summed E-state index contributed by atoms with van der Waals surface area (Å²) in [7, 11) is 0. The average Bonchev–Trinajstić information content (AvgIpc) is 2.89. The highest BCUT2D eigenvalue weighted by molar-refractivity contribution is 6.22. The number of nitrogens with zero attached hydrogens (tertiary/aromatic N) is 1. The number of ether oxygens (including phenoxy) is 1. The maximum Gasteiger partial charge on any atom is 0.238 e. The van der Waals surface area contributed by atoms with E-state index in [2.05, 4.69) is 0 Å².